The number of methoxy groups -OCH3 is 1. The standard InChI is InChI=1S/C15H21NO3/c1-10-13-7-6-12(18-5)8-11(13)9-16(10)14(17)19-15(2,3)4/h6-8,10H,9H2,1-5H3. The van der Waals surface area contributed by atoms with Gasteiger partial charge in [0.15, 0.2) is 0 Å². The monoisotopic (exact) mass is 263 g/mol. The summed E-state index contributed by atoms with van der Waals surface area (Å²) in [7, 11) is 1.64. The summed E-state index contributed by atoms with van der Waals surface area (Å²) in [4.78, 5) is 13.9. The highest BCUT2D eigenvalue weighted by molar-refractivity contribution is 5.70. The minimum Gasteiger partial charge on any atom is -0.497 e. The van der Waals surface area contributed by atoms with Crippen LogP contribution in [0, 0.1) is 0 Å². The summed E-state index contributed by atoms with van der Waals surface area (Å²) in [6, 6.07) is 5.96. The van der Waals surface area contributed by atoms with Crippen molar-refractivity contribution in [3.8, 4) is 5.75 Å². The van der Waals surface area contributed by atoms with Crippen molar-refractivity contribution < 1.29 is 14.3 Å². The van der Waals surface area contributed by atoms with Crippen LogP contribution in [0.25, 0.3) is 0 Å². The Morgan fingerprint density at radius 2 is 2.05 bits per heavy atom. The molecule has 1 heterocycles. The van der Waals surface area contributed by atoms with E-state index in [-0.39, 0.29) is 12.1 Å². The number of carbonyl (C=O) groups is 1. The highest BCUT2D eigenvalue weighted by atomic mass is 16.6. The molecule has 19 heavy (non-hydrogen) atoms. The molecule has 1 aliphatic heterocycles. The molecule has 1 aliphatic rings. The van der Waals surface area contributed by atoms with Crippen molar-refractivity contribution in [1.82, 2.24) is 4.90 Å². The zero-order valence-electron chi connectivity index (χ0n) is 12.2. The summed E-state index contributed by atoms with van der Waals surface area (Å²) in [6.07, 6.45) is -0.268. The SMILES string of the molecule is COc1ccc2c(c1)CN(C(=O)OC(C)(C)C)C2C. The molecule has 0 saturated heterocycles. The van der Waals surface area contributed by atoms with Gasteiger partial charge in [-0.25, -0.2) is 4.79 Å². The van der Waals surface area contributed by atoms with E-state index in [2.05, 4.69) is 0 Å². The van der Waals surface area contributed by atoms with E-state index in [1.165, 1.54) is 0 Å². The van der Waals surface area contributed by atoms with E-state index in [1.54, 1.807) is 12.0 Å². The molecule has 0 N–H and O–H groups in total. The average molecular weight is 263 g/mol. The van der Waals surface area contributed by atoms with E-state index in [1.807, 2.05) is 45.9 Å². The maximum Gasteiger partial charge on any atom is 0.411 e. The lowest BCUT2D eigenvalue weighted by molar-refractivity contribution is 0.0187. The molecule has 1 aromatic rings. The van der Waals surface area contributed by atoms with E-state index in [9.17, 15) is 4.79 Å². The van der Waals surface area contributed by atoms with Crippen molar-refractivity contribution in [1.29, 1.82) is 0 Å². The topological polar surface area (TPSA) is 38.8 Å². The average Bonchev–Trinajstić information content (AvgIpc) is 2.64. The van der Waals surface area contributed by atoms with Crippen LogP contribution in [0.2, 0.25) is 0 Å². The summed E-state index contributed by atoms with van der Waals surface area (Å²) in [5.41, 5.74) is 1.81. The van der Waals surface area contributed by atoms with E-state index in [0.717, 1.165) is 16.9 Å². The van der Waals surface area contributed by atoms with Gasteiger partial charge < -0.3 is 9.47 Å². The molecule has 0 aliphatic carbocycles. The second-order valence-electron chi connectivity index (χ2n) is 5.85. The van der Waals surface area contributed by atoms with Crippen LogP contribution >= 0.6 is 0 Å². The molecule has 0 saturated carbocycles. The van der Waals surface area contributed by atoms with E-state index < -0.39 is 5.60 Å². The Hall–Kier alpha value is -1.71. The Morgan fingerprint density at radius 3 is 2.63 bits per heavy atom. The summed E-state index contributed by atoms with van der Waals surface area (Å²) in [5, 5.41) is 0. The first-order chi connectivity index (χ1) is 8.81. The number of amides is 1. The van der Waals surface area contributed by atoms with E-state index in [4.69, 9.17) is 9.47 Å². The lowest BCUT2D eigenvalue weighted by Crippen LogP contribution is -2.34. The molecular formula is C15H21NO3. The zero-order chi connectivity index (χ0) is 14.2. The molecule has 1 atom stereocenters. The molecule has 0 fully saturated rings. The van der Waals surface area contributed by atoms with Crippen molar-refractivity contribution in [2.45, 2.75) is 45.9 Å². The molecular weight excluding hydrogens is 242 g/mol. The normalized spacial score (nSPS) is 18.2. The van der Waals surface area contributed by atoms with Gasteiger partial charge in [-0.15, -0.1) is 0 Å². The van der Waals surface area contributed by atoms with E-state index in [0.29, 0.717) is 6.54 Å². The van der Waals surface area contributed by atoms with Crippen molar-refractivity contribution in [3.05, 3.63) is 29.3 Å². The Labute approximate surface area is 114 Å². The maximum absolute atomic E-state index is 12.2. The number of nitrogens with zero attached hydrogens (tertiary/aromatic N) is 1. The first-order valence-electron chi connectivity index (χ1n) is 6.48. The third kappa shape index (κ3) is 2.83. The van der Waals surface area contributed by atoms with Crippen LogP contribution < -0.4 is 4.74 Å². The summed E-state index contributed by atoms with van der Waals surface area (Å²) in [5.74, 6) is 0.817. The molecule has 1 aromatic carbocycles. The van der Waals surface area contributed by atoms with Crippen molar-refractivity contribution in [3.63, 3.8) is 0 Å². The molecule has 4 heteroatoms. The maximum atomic E-state index is 12.2. The Morgan fingerprint density at radius 1 is 1.37 bits per heavy atom. The van der Waals surface area contributed by atoms with Crippen LogP contribution in [0.15, 0.2) is 18.2 Å². The number of fused-ring (bicyclic) bond motifs is 1. The van der Waals surface area contributed by atoms with Gasteiger partial charge in [-0.3, -0.25) is 4.90 Å². The van der Waals surface area contributed by atoms with Crippen LogP contribution in [-0.4, -0.2) is 23.7 Å². The Kier molecular flexibility index (Phi) is 3.43. The van der Waals surface area contributed by atoms with Gasteiger partial charge in [0.25, 0.3) is 0 Å². The molecule has 1 amide bonds. The fraction of sp³-hybridized carbons (Fsp3) is 0.533. The van der Waals surface area contributed by atoms with Gasteiger partial charge in [0.2, 0.25) is 0 Å². The smallest absolute Gasteiger partial charge is 0.411 e. The van der Waals surface area contributed by atoms with Gasteiger partial charge in [0, 0.05) is 0 Å². The van der Waals surface area contributed by atoms with Crippen LogP contribution in [0.5, 0.6) is 5.75 Å². The van der Waals surface area contributed by atoms with Crippen molar-refractivity contribution >= 4 is 6.09 Å². The highest BCUT2D eigenvalue weighted by Gasteiger charge is 2.33. The molecule has 1 unspecified atom stereocenters. The van der Waals surface area contributed by atoms with Gasteiger partial charge in [-0.2, -0.15) is 0 Å². The van der Waals surface area contributed by atoms with Crippen LogP contribution in [0.1, 0.15) is 44.9 Å². The Bertz CT molecular complexity index is 491. The number of benzene rings is 1. The number of hydrogen-bond acceptors (Lipinski definition) is 3. The molecule has 104 valence electrons. The van der Waals surface area contributed by atoms with Crippen LogP contribution in [0.3, 0.4) is 0 Å². The van der Waals surface area contributed by atoms with Gasteiger partial charge in [-0.1, -0.05) is 6.07 Å². The lowest BCUT2D eigenvalue weighted by atomic mass is 10.1. The molecule has 2 rings (SSSR count). The fourth-order valence-corrected chi connectivity index (χ4v) is 2.29. The lowest BCUT2D eigenvalue weighted by Gasteiger charge is -2.27. The summed E-state index contributed by atoms with van der Waals surface area (Å²) >= 11 is 0. The van der Waals surface area contributed by atoms with Crippen molar-refractivity contribution in [2.75, 3.05) is 7.11 Å². The second-order valence-corrected chi connectivity index (χ2v) is 5.85. The number of rotatable bonds is 1. The van der Waals surface area contributed by atoms with Crippen molar-refractivity contribution in [2.24, 2.45) is 0 Å². The molecule has 0 spiro atoms. The summed E-state index contributed by atoms with van der Waals surface area (Å²) < 4.78 is 10.7. The second kappa shape index (κ2) is 4.76. The molecule has 0 bridgehead atoms. The van der Waals surface area contributed by atoms with Gasteiger partial charge in [0.05, 0.1) is 19.7 Å². The quantitative estimate of drug-likeness (QED) is 0.778. The minimum atomic E-state index is -0.469. The molecule has 4 nitrogen and oxygen atoms in total. The third-order valence-electron chi connectivity index (χ3n) is 3.24. The highest BCUT2D eigenvalue weighted by Crippen LogP contribution is 2.36. The van der Waals surface area contributed by atoms with Crippen LogP contribution in [-0.2, 0) is 11.3 Å². The molecule has 0 radical (unpaired) electrons. The third-order valence-corrected chi connectivity index (χ3v) is 3.24. The van der Waals surface area contributed by atoms with Gasteiger partial charge >= 0.3 is 6.09 Å². The van der Waals surface area contributed by atoms with E-state index >= 15 is 0 Å². The predicted molar refractivity (Wildman–Crippen MR) is 73.2 cm³/mol. The Balaban J connectivity index is 2.18. The zero-order valence-corrected chi connectivity index (χ0v) is 12.2. The largest absolute Gasteiger partial charge is 0.497 e. The van der Waals surface area contributed by atoms with Gasteiger partial charge in [-0.05, 0) is 51.0 Å². The molecule has 0 aromatic heterocycles. The minimum absolute atomic E-state index is 0.0377. The van der Waals surface area contributed by atoms with Gasteiger partial charge in [0.1, 0.15) is 11.4 Å². The number of ether oxygens (including phenoxy) is 2. The number of hydrogen-bond donors (Lipinski definition) is 0. The first-order valence-corrected chi connectivity index (χ1v) is 6.48. The first kappa shape index (κ1) is 13.7. The predicted octanol–water partition coefficient (Wildman–Crippen LogP) is 3.51. The fourth-order valence-electron chi connectivity index (χ4n) is 2.29. The number of carbonyl (C=O) groups excluding carboxylic acids is 1. The van der Waals surface area contributed by atoms with Crippen LogP contribution in [0.4, 0.5) is 4.79 Å². The summed E-state index contributed by atoms with van der Waals surface area (Å²) in [6.45, 7) is 8.22.